The summed E-state index contributed by atoms with van der Waals surface area (Å²) in [5, 5.41) is 4.63. The van der Waals surface area contributed by atoms with Crippen molar-refractivity contribution < 1.29 is 0 Å². The van der Waals surface area contributed by atoms with Gasteiger partial charge in [0.15, 0.2) is 0 Å². The Bertz CT molecular complexity index is 614. The molecular weight excluding hydrogens is 280 g/mol. The Kier molecular flexibility index (Phi) is 4.29. The number of fused-ring (bicyclic) bond motifs is 1. The van der Waals surface area contributed by atoms with Gasteiger partial charge in [0.25, 0.3) is 0 Å². The fraction of sp³-hybridized carbons (Fsp3) is 0.625. The summed E-state index contributed by atoms with van der Waals surface area (Å²) < 4.78 is 0. The Hall–Kier alpha value is -1.36. The van der Waals surface area contributed by atoms with E-state index in [-0.39, 0.29) is 0 Å². The second-order valence-electron chi connectivity index (χ2n) is 6.18. The summed E-state index contributed by atoms with van der Waals surface area (Å²) >= 11 is 1.67. The molecule has 3 rings (SSSR count). The van der Waals surface area contributed by atoms with Gasteiger partial charge in [-0.2, -0.15) is 4.98 Å². The van der Waals surface area contributed by atoms with Crippen LogP contribution in [0.4, 0.5) is 11.8 Å². The molecule has 1 saturated carbocycles. The zero-order valence-corrected chi connectivity index (χ0v) is 13.7. The molecule has 0 aliphatic heterocycles. The van der Waals surface area contributed by atoms with Gasteiger partial charge in [-0.1, -0.05) is 26.2 Å². The first-order chi connectivity index (χ1) is 10.2. The van der Waals surface area contributed by atoms with Gasteiger partial charge in [-0.25, -0.2) is 4.98 Å². The summed E-state index contributed by atoms with van der Waals surface area (Å²) in [6.07, 6.45) is 6.75. The van der Waals surface area contributed by atoms with Crippen LogP contribution in [-0.4, -0.2) is 16.5 Å². The van der Waals surface area contributed by atoms with E-state index in [0.717, 1.165) is 34.4 Å². The third-order valence-electron chi connectivity index (χ3n) is 4.64. The van der Waals surface area contributed by atoms with E-state index < -0.39 is 0 Å². The van der Waals surface area contributed by atoms with Crippen molar-refractivity contribution in [2.24, 2.45) is 11.8 Å². The van der Waals surface area contributed by atoms with Gasteiger partial charge < -0.3 is 11.1 Å². The highest BCUT2D eigenvalue weighted by Gasteiger charge is 2.20. The van der Waals surface area contributed by atoms with Crippen LogP contribution in [0.1, 0.15) is 43.9 Å². The lowest BCUT2D eigenvalue weighted by Gasteiger charge is -2.28. The van der Waals surface area contributed by atoms with Crippen molar-refractivity contribution in [3.63, 3.8) is 0 Å². The molecule has 0 amide bonds. The van der Waals surface area contributed by atoms with Crippen molar-refractivity contribution in [1.82, 2.24) is 9.97 Å². The Morgan fingerprint density at radius 3 is 2.67 bits per heavy atom. The van der Waals surface area contributed by atoms with Crippen LogP contribution in [-0.2, 0) is 0 Å². The van der Waals surface area contributed by atoms with Crippen molar-refractivity contribution in [2.45, 2.75) is 46.0 Å². The summed E-state index contributed by atoms with van der Waals surface area (Å²) in [5.74, 6) is 2.97. The largest absolute Gasteiger partial charge is 0.369 e. The molecule has 0 unspecified atom stereocenters. The number of anilines is 2. The molecule has 3 N–H and O–H groups in total. The highest BCUT2D eigenvalue weighted by atomic mass is 32.1. The minimum absolute atomic E-state index is 0.363. The van der Waals surface area contributed by atoms with Crippen LogP contribution in [0.5, 0.6) is 0 Å². The molecule has 0 radical (unpaired) electrons. The van der Waals surface area contributed by atoms with E-state index in [4.69, 9.17) is 5.73 Å². The standard InChI is InChI=1S/C16H24N4S/c1-3-11-4-6-12(7-5-11)9-18-14-13-8-10(2)21-15(13)20-16(17)19-14/h8,11-12H,3-7,9H2,1-2H3,(H3,17,18,19,20). The molecule has 2 heterocycles. The van der Waals surface area contributed by atoms with Crippen molar-refractivity contribution in [3.8, 4) is 0 Å². The Labute approximate surface area is 130 Å². The predicted octanol–water partition coefficient (Wildman–Crippen LogP) is 4.21. The third kappa shape index (κ3) is 3.28. The van der Waals surface area contributed by atoms with E-state index >= 15 is 0 Å². The van der Waals surface area contributed by atoms with E-state index in [2.05, 4.69) is 35.2 Å². The fourth-order valence-corrected chi connectivity index (χ4v) is 4.16. The van der Waals surface area contributed by atoms with Crippen molar-refractivity contribution in [1.29, 1.82) is 0 Å². The minimum Gasteiger partial charge on any atom is -0.369 e. The molecule has 0 bridgehead atoms. The van der Waals surface area contributed by atoms with Crippen LogP contribution in [0.2, 0.25) is 0 Å². The zero-order valence-electron chi connectivity index (χ0n) is 12.9. The Balaban J connectivity index is 1.68. The van der Waals surface area contributed by atoms with Gasteiger partial charge in [0.1, 0.15) is 10.6 Å². The number of hydrogen-bond acceptors (Lipinski definition) is 5. The number of thiophene rings is 1. The Morgan fingerprint density at radius 1 is 1.24 bits per heavy atom. The molecule has 5 heteroatoms. The summed E-state index contributed by atoms with van der Waals surface area (Å²) in [6.45, 7) is 5.40. The van der Waals surface area contributed by atoms with Gasteiger partial charge in [0.05, 0.1) is 5.39 Å². The average molecular weight is 304 g/mol. The highest BCUT2D eigenvalue weighted by Crippen LogP contribution is 2.32. The van der Waals surface area contributed by atoms with Crippen LogP contribution >= 0.6 is 11.3 Å². The topological polar surface area (TPSA) is 63.8 Å². The van der Waals surface area contributed by atoms with Gasteiger partial charge in [-0.3, -0.25) is 0 Å². The van der Waals surface area contributed by atoms with Crippen LogP contribution < -0.4 is 11.1 Å². The van der Waals surface area contributed by atoms with Crippen LogP contribution in [0.3, 0.4) is 0 Å². The van der Waals surface area contributed by atoms with E-state index in [1.54, 1.807) is 11.3 Å². The Morgan fingerprint density at radius 2 is 1.95 bits per heavy atom. The summed E-state index contributed by atoms with van der Waals surface area (Å²) in [5.41, 5.74) is 5.82. The molecule has 0 atom stereocenters. The second kappa shape index (κ2) is 6.18. The first-order valence-corrected chi connectivity index (χ1v) is 8.75. The zero-order chi connectivity index (χ0) is 14.8. The lowest BCUT2D eigenvalue weighted by Crippen LogP contribution is -2.21. The number of nitrogens with one attached hydrogen (secondary N) is 1. The predicted molar refractivity (Wildman–Crippen MR) is 90.8 cm³/mol. The van der Waals surface area contributed by atoms with Crippen molar-refractivity contribution in [2.75, 3.05) is 17.6 Å². The number of nitrogens with zero attached hydrogens (tertiary/aromatic N) is 2. The first-order valence-electron chi connectivity index (χ1n) is 7.93. The molecule has 1 aliphatic rings. The van der Waals surface area contributed by atoms with E-state index in [1.807, 2.05) is 0 Å². The quantitative estimate of drug-likeness (QED) is 0.888. The van der Waals surface area contributed by atoms with E-state index in [0.29, 0.717) is 5.95 Å². The van der Waals surface area contributed by atoms with Gasteiger partial charge in [-0.15, -0.1) is 11.3 Å². The number of hydrogen-bond donors (Lipinski definition) is 2. The maximum atomic E-state index is 5.82. The molecule has 2 aromatic rings. The maximum Gasteiger partial charge on any atom is 0.223 e. The van der Waals surface area contributed by atoms with E-state index in [9.17, 15) is 0 Å². The maximum absolute atomic E-state index is 5.82. The van der Waals surface area contributed by atoms with Gasteiger partial charge in [0.2, 0.25) is 5.95 Å². The normalized spacial score (nSPS) is 22.6. The number of aromatic nitrogens is 2. The summed E-state index contributed by atoms with van der Waals surface area (Å²) in [7, 11) is 0. The molecule has 4 nitrogen and oxygen atoms in total. The average Bonchev–Trinajstić information content (AvgIpc) is 2.85. The lowest BCUT2D eigenvalue weighted by atomic mass is 9.81. The first kappa shape index (κ1) is 14.6. The molecule has 2 aromatic heterocycles. The van der Waals surface area contributed by atoms with Crippen molar-refractivity contribution in [3.05, 3.63) is 10.9 Å². The minimum atomic E-state index is 0.363. The molecule has 1 aliphatic carbocycles. The second-order valence-corrected chi connectivity index (χ2v) is 7.42. The lowest BCUT2D eigenvalue weighted by molar-refractivity contribution is 0.278. The number of rotatable bonds is 4. The van der Waals surface area contributed by atoms with Gasteiger partial charge in [-0.05, 0) is 37.7 Å². The molecule has 0 saturated heterocycles. The van der Waals surface area contributed by atoms with E-state index in [1.165, 1.54) is 37.0 Å². The number of aryl methyl sites for hydroxylation is 1. The summed E-state index contributed by atoms with van der Waals surface area (Å²) in [6, 6.07) is 2.15. The number of nitrogen functional groups attached to an aromatic ring is 1. The van der Waals surface area contributed by atoms with Crippen LogP contribution in [0.25, 0.3) is 10.2 Å². The summed E-state index contributed by atoms with van der Waals surface area (Å²) in [4.78, 5) is 10.9. The van der Waals surface area contributed by atoms with Crippen molar-refractivity contribution >= 4 is 33.3 Å². The molecule has 114 valence electrons. The SMILES string of the molecule is CCC1CCC(CNc2nc(N)nc3sc(C)cc23)CC1. The highest BCUT2D eigenvalue weighted by molar-refractivity contribution is 7.18. The molecule has 21 heavy (non-hydrogen) atoms. The molecule has 1 fully saturated rings. The smallest absolute Gasteiger partial charge is 0.223 e. The molecule has 0 aromatic carbocycles. The van der Waals surface area contributed by atoms with Crippen LogP contribution in [0.15, 0.2) is 6.07 Å². The van der Waals surface area contributed by atoms with Gasteiger partial charge >= 0.3 is 0 Å². The number of nitrogens with two attached hydrogens (primary N) is 1. The van der Waals surface area contributed by atoms with Crippen LogP contribution in [0, 0.1) is 18.8 Å². The fourth-order valence-electron chi connectivity index (χ4n) is 3.28. The molecular formula is C16H24N4S. The monoisotopic (exact) mass is 304 g/mol. The third-order valence-corrected chi connectivity index (χ3v) is 5.58. The van der Waals surface area contributed by atoms with Gasteiger partial charge in [0, 0.05) is 11.4 Å². The molecule has 0 spiro atoms.